The first kappa shape index (κ1) is 21.9. The van der Waals surface area contributed by atoms with Crippen molar-refractivity contribution in [2.24, 2.45) is 0 Å². The van der Waals surface area contributed by atoms with Crippen LogP contribution in [0, 0.1) is 0 Å². The predicted molar refractivity (Wildman–Crippen MR) is 129 cm³/mol. The lowest BCUT2D eigenvalue weighted by Gasteiger charge is -2.36. The Kier molecular flexibility index (Phi) is 6.07. The van der Waals surface area contributed by atoms with Crippen LogP contribution in [-0.2, 0) is 9.59 Å². The molecule has 1 aliphatic heterocycles. The summed E-state index contributed by atoms with van der Waals surface area (Å²) in [6, 6.07) is 13.6. The van der Waals surface area contributed by atoms with E-state index in [1.165, 1.54) is 0 Å². The summed E-state index contributed by atoms with van der Waals surface area (Å²) in [4.78, 5) is 31.6. The smallest absolute Gasteiger partial charge is 0.250 e. The standard InChI is InChI=1S/C27H28ClN3O2/c1-16-24(27(33)31-20-6-2-3-7-20)26(21-8-4-5-13-29-21)25-22(30-16)14-18(15-23(25)32)17-9-11-19(28)12-10-17/h4-5,8-13,18,20,26,30H,2-3,6-7,14-15H2,1H3,(H,31,33). The van der Waals surface area contributed by atoms with Gasteiger partial charge in [0.1, 0.15) is 0 Å². The molecule has 0 saturated heterocycles. The summed E-state index contributed by atoms with van der Waals surface area (Å²) in [6.45, 7) is 1.93. The van der Waals surface area contributed by atoms with E-state index in [4.69, 9.17) is 11.6 Å². The SMILES string of the molecule is CC1=C(C(=O)NC2CCCC2)C(c2ccccn2)C2=C(CC(c3ccc(Cl)cc3)CC2=O)N1. The van der Waals surface area contributed by atoms with Crippen molar-refractivity contribution in [3.05, 3.63) is 87.5 Å². The van der Waals surface area contributed by atoms with Crippen LogP contribution in [0.3, 0.4) is 0 Å². The number of carbonyl (C=O) groups excluding carboxylic acids is 2. The molecule has 2 heterocycles. The Balaban J connectivity index is 1.52. The fraction of sp³-hybridized carbons (Fsp3) is 0.370. The first-order valence-corrected chi connectivity index (χ1v) is 12.1. The van der Waals surface area contributed by atoms with Crippen LogP contribution in [0.15, 0.2) is 71.2 Å². The molecule has 5 nitrogen and oxygen atoms in total. The summed E-state index contributed by atoms with van der Waals surface area (Å²) in [6.07, 6.45) is 7.15. The van der Waals surface area contributed by atoms with Crippen LogP contribution >= 0.6 is 11.6 Å². The molecule has 1 aromatic carbocycles. The van der Waals surface area contributed by atoms with E-state index in [0.29, 0.717) is 29.0 Å². The number of amides is 1. The minimum atomic E-state index is -0.456. The highest BCUT2D eigenvalue weighted by Crippen LogP contribution is 2.45. The number of rotatable bonds is 4. The Morgan fingerprint density at radius 2 is 1.85 bits per heavy atom. The highest BCUT2D eigenvalue weighted by atomic mass is 35.5. The average molecular weight is 462 g/mol. The molecule has 5 rings (SSSR count). The Hall–Kier alpha value is -2.92. The van der Waals surface area contributed by atoms with Gasteiger partial charge in [-0.05, 0) is 61.9 Å². The number of pyridine rings is 1. The van der Waals surface area contributed by atoms with Gasteiger partial charge in [-0.1, -0.05) is 42.6 Å². The van der Waals surface area contributed by atoms with Gasteiger partial charge in [0.2, 0.25) is 5.91 Å². The molecular weight excluding hydrogens is 434 g/mol. The molecule has 0 spiro atoms. The van der Waals surface area contributed by atoms with Gasteiger partial charge in [-0.25, -0.2) is 0 Å². The predicted octanol–water partition coefficient (Wildman–Crippen LogP) is 5.16. The number of carbonyl (C=O) groups is 2. The van der Waals surface area contributed by atoms with Crippen molar-refractivity contribution in [3.63, 3.8) is 0 Å². The van der Waals surface area contributed by atoms with E-state index >= 15 is 0 Å². The van der Waals surface area contributed by atoms with E-state index < -0.39 is 5.92 Å². The Morgan fingerprint density at radius 3 is 2.55 bits per heavy atom. The number of aromatic nitrogens is 1. The number of dihydropyridines is 1. The summed E-state index contributed by atoms with van der Waals surface area (Å²) in [5.41, 5.74) is 4.82. The normalized spacial score (nSPS) is 23.4. The molecule has 3 aliphatic rings. The maximum Gasteiger partial charge on any atom is 0.250 e. The molecule has 1 saturated carbocycles. The number of allylic oxidation sites excluding steroid dienone is 3. The Morgan fingerprint density at radius 1 is 1.09 bits per heavy atom. The molecule has 170 valence electrons. The third-order valence-electron chi connectivity index (χ3n) is 7.09. The number of nitrogens with one attached hydrogen (secondary N) is 2. The fourth-order valence-electron chi connectivity index (χ4n) is 5.49. The number of hydrogen-bond acceptors (Lipinski definition) is 4. The topological polar surface area (TPSA) is 71.1 Å². The first-order valence-electron chi connectivity index (χ1n) is 11.7. The number of ketones is 1. The summed E-state index contributed by atoms with van der Waals surface area (Å²) in [5.74, 6) is -0.408. The highest BCUT2D eigenvalue weighted by Gasteiger charge is 2.41. The van der Waals surface area contributed by atoms with E-state index in [1.807, 2.05) is 49.4 Å². The Bertz CT molecular complexity index is 1130. The maximum absolute atomic E-state index is 13.6. The summed E-state index contributed by atoms with van der Waals surface area (Å²) in [5, 5.41) is 7.34. The monoisotopic (exact) mass is 461 g/mol. The second-order valence-corrected chi connectivity index (χ2v) is 9.71. The van der Waals surface area contributed by atoms with Crippen LogP contribution in [-0.4, -0.2) is 22.7 Å². The maximum atomic E-state index is 13.6. The number of halogens is 1. The van der Waals surface area contributed by atoms with Gasteiger partial charge in [0.15, 0.2) is 5.78 Å². The molecule has 2 aliphatic carbocycles. The Labute approximate surface area is 199 Å². The van der Waals surface area contributed by atoms with E-state index in [-0.39, 0.29) is 23.7 Å². The second kappa shape index (κ2) is 9.14. The summed E-state index contributed by atoms with van der Waals surface area (Å²) in [7, 11) is 0. The molecular formula is C27H28ClN3O2. The summed E-state index contributed by atoms with van der Waals surface area (Å²) >= 11 is 6.06. The number of benzene rings is 1. The van der Waals surface area contributed by atoms with E-state index in [9.17, 15) is 9.59 Å². The van der Waals surface area contributed by atoms with Crippen molar-refractivity contribution < 1.29 is 9.59 Å². The van der Waals surface area contributed by atoms with E-state index in [1.54, 1.807) is 6.20 Å². The number of Topliss-reactive ketones (excluding diaryl/α,β-unsaturated/α-hetero) is 1. The fourth-order valence-corrected chi connectivity index (χ4v) is 5.61. The second-order valence-electron chi connectivity index (χ2n) is 9.28. The molecule has 1 amide bonds. The van der Waals surface area contributed by atoms with Crippen LogP contribution < -0.4 is 10.6 Å². The van der Waals surface area contributed by atoms with Crippen LogP contribution in [0.1, 0.15) is 68.5 Å². The van der Waals surface area contributed by atoms with Crippen molar-refractivity contribution in [1.82, 2.24) is 15.6 Å². The minimum absolute atomic E-state index is 0.0676. The number of nitrogens with zero attached hydrogens (tertiary/aromatic N) is 1. The third-order valence-corrected chi connectivity index (χ3v) is 7.34. The van der Waals surface area contributed by atoms with E-state index in [0.717, 1.165) is 48.3 Å². The molecule has 0 radical (unpaired) electrons. The van der Waals surface area contributed by atoms with Gasteiger partial charge in [-0.2, -0.15) is 0 Å². The lowest BCUT2D eigenvalue weighted by atomic mass is 9.72. The molecule has 6 heteroatoms. The average Bonchev–Trinajstić information content (AvgIpc) is 3.32. The van der Waals surface area contributed by atoms with Gasteiger partial charge in [0, 0.05) is 46.2 Å². The lowest BCUT2D eigenvalue weighted by molar-refractivity contribution is -0.118. The number of hydrogen-bond donors (Lipinski definition) is 2. The molecule has 1 aromatic heterocycles. The highest BCUT2D eigenvalue weighted by molar-refractivity contribution is 6.30. The van der Waals surface area contributed by atoms with Gasteiger partial charge in [-0.3, -0.25) is 14.6 Å². The zero-order chi connectivity index (χ0) is 22.9. The lowest BCUT2D eigenvalue weighted by Crippen LogP contribution is -2.41. The molecule has 2 N–H and O–H groups in total. The zero-order valence-corrected chi connectivity index (χ0v) is 19.5. The molecule has 2 aromatic rings. The van der Waals surface area contributed by atoms with Gasteiger partial charge in [-0.15, -0.1) is 0 Å². The molecule has 2 atom stereocenters. The van der Waals surface area contributed by atoms with Crippen molar-refractivity contribution in [1.29, 1.82) is 0 Å². The molecule has 33 heavy (non-hydrogen) atoms. The van der Waals surface area contributed by atoms with Crippen molar-refractivity contribution in [2.75, 3.05) is 0 Å². The first-order chi connectivity index (χ1) is 16.0. The molecule has 2 unspecified atom stereocenters. The third kappa shape index (κ3) is 4.34. The summed E-state index contributed by atoms with van der Waals surface area (Å²) < 4.78 is 0. The van der Waals surface area contributed by atoms with Crippen LogP contribution in [0.25, 0.3) is 0 Å². The van der Waals surface area contributed by atoms with Gasteiger partial charge < -0.3 is 10.6 Å². The van der Waals surface area contributed by atoms with Crippen molar-refractivity contribution >= 4 is 23.3 Å². The largest absolute Gasteiger partial charge is 0.362 e. The minimum Gasteiger partial charge on any atom is -0.362 e. The van der Waals surface area contributed by atoms with Gasteiger partial charge in [0.05, 0.1) is 11.6 Å². The molecule has 0 bridgehead atoms. The van der Waals surface area contributed by atoms with Crippen molar-refractivity contribution in [2.45, 2.75) is 63.3 Å². The quantitative estimate of drug-likeness (QED) is 0.660. The van der Waals surface area contributed by atoms with Crippen LogP contribution in [0.5, 0.6) is 0 Å². The van der Waals surface area contributed by atoms with Crippen LogP contribution in [0.2, 0.25) is 5.02 Å². The van der Waals surface area contributed by atoms with Crippen molar-refractivity contribution in [3.8, 4) is 0 Å². The zero-order valence-electron chi connectivity index (χ0n) is 18.7. The van der Waals surface area contributed by atoms with Gasteiger partial charge in [0.25, 0.3) is 0 Å². The van der Waals surface area contributed by atoms with E-state index in [2.05, 4.69) is 15.6 Å². The molecule has 1 fully saturated rings. The van der Waals surface area contributed by atoms with Crippen LogP contribution in [0.4, 0.5) is 0 Å². The van der Waals surface area contributed by atoms with Gasteiger partial charge >= 0.3 is 0 Å².